The Morgan fingerprint density at radius 1 is 0.368 bits per heavy atom. The van der Waals surface area contributed by atoms with Crippen molar-refractivity contribution in [3.8, 4) is 0 Å². The third-order valence-electron chi connectivity index (χ3n) is 11.7. The Morgan fingerprint density at radius 2 is 0.667 bits per heavy atom. The average molecular weight is 807 g/mol. The molecule has 344 valence electrons. The largest absolute Gasteiger partial charge is 0.370 e. The third kappa shape index (κ3) is 43.5. The summed E-state index contributed by atoms with van der Waals surface area (Å²) < 4.78 is 20.8. The van der Waals surface area contributed by atoms with Gasteiger partial charge in [0.15, 0.2) is 6.29 Å². The van der Waals surface area contributed by atoms with Gasteiger partial charge >= 0.3 is 0 Å². The lowest BCUT2D eigenvalue weighted by molar-refractivity contribution is -0.261. The second-order valence-electron chi connectivity index (χ2n) is 20.4. The molecule has 0 fully saturated rings. The highest BCUT2D eigenvalue weighted by Gasteiger charge is 2.40. The molecule has 0 saturated carbocycles. The second kappa shape index (κ2) is 42.3. The van der Waals surface area contributed by atoms with Crippen LogP contribution in [0, 0.1) is 10.8 Å². The molecule has 0 amide bonds. The van der Waals surface area contributed by atoms with Crippen molar-refractivity contribution >= 4 is 0 Å². The van der Waals surface area contributed by atoms with Gasteiger partial charge in [-0.25, -0.2) is 0 Å². The van der Waals surface area contributed by atoms with E-state index in [1.54, 1.807) is 0 Å². The molecular weight excluding hydrogens is 697 g/mol. The Balaban J connectivity index is 0. The molecule has 3 nitrogen and oxygen atoms in total. The van der Waals surface area contributed by atoms with Crippen molar-refractivity contribution < 1.29 is 14.2 Å². The molecule has 0 aromatic rings. The van der Waals surface area contributed by atoms with E-state index in [1.165, 1.54) is 180 Å². The summed E-state index contributed by atoms with van der Waals surface area (Å²) in [5, 5.41) is 0. The van der Waals surface area contributed by atoms with Crippen molar-refractivity contribution in [1.82, 2.24) is 0 Å². The highest BCUT2D eigenvalue weighted by Crippen LogP contribution is 2.34. The number of ether oxygens (including phenoxy) is 3. The number of allylic oxidation sites excluding steroid dienone is 1. The molecule has 57 heavy (non-hydrogen) atoms. The summed E-state index contributed by atoms with van der Waals surface area (Å²) >= 11 is 0. The highest BCUT2D eigenvalue weighted by atomic mass is 16.7. The van der Waals surface area contributed by atoms with E-state index in [1.807, 2.05) is 6.08 Å². The Morgan fingerprint density at radius 3 is 0.982 bits per heavy atom. The van der Waals surface area contributed by atoms with E-state index in [9.17, 15) is 0 Å². The van der Waals surface area contributed by atoms with Gasteiger partial charge in [0.05, 0.1) is 0 Å². The third-order valence-corrected chi connectivity index (χ3v) is 11.7. The maximum Gasteiger partial charge on any atom is 0.186 e. The normalized spacial score (nSPS) is 13.2. The molecule has 0 heterocycles. The monoisotopic (exact) mass is 807 g/mol. The zero-order valence-electron chi connectivity index (χ0n) is 41.5. The first-order valence-electron chi connectivity index (χ1n) is 25.9. The molecule has 0 aliphatic rings. The Bertz CT molecular complexity index is 745. The van der Waals surface area contributed by atoms with E-state index in [4.69, 9.17) is 14.2 Å². The van der Waals surface area contributed by atoms with Gasteiger partial charge in [0, 0.05) is 19.8 Å². The fourth-order valence-corrected chi connectivity index (χ4v) is 7.90. The zero-order chi connectivity index (χ0) is 42.8. The van der Waals surface area contributed by atoms with Gasteiger partial charge in [0.1, 0.15) is 5.60 Å². The topological polar surface area (TPSA) is 27.7 Å². The number of rotatable bonds is 42. The van der Waals surface area contributed by atoms with Crippen molar-refractivity contribution in [1.29, 1.82) is 0 Å². The summed E-state index contributed by atoms with van der Waals surface area (Å²) in [7, 11) is 0. The lowest BCUT2D eigenvalue weighted by atomic mass is 9.89. The van der Waals surface area contributed by atoms with Gasteiger partial charge in [-0.05, 0) is 62.2 Å². The van der Waals surface area contributed by atoms with Gasteiger partial charge in [0.2, 0.25) is 0 Å². The van der Waals surface area contributed by atoms with Gasteiger partial charge in [-0.3, -0.25) is 0 Å². The zero-order valence-corrected chi connectivity index (χ0v) is 41.5. The van der Waals surface area contributed by atoms with E-state index in [0.29, 0.717) is 10.8 Å². The second-order valence-corrected chi connectivity index (χ2v) is 20.4. The van der Waals surface area contributed by atoms with Crippen molar-refractivity contribution in [2.75, 3.05) is 19.8 Å². The molecule has 0 radical (unpaired) electrons. The van der Waals surface area contributed by atoms with E-state index >= 15 is 0 Å². The fourth-order valence-electron chi connectivity index (χ4n) is 7.90. The molecule has 0 aromatic carbocycles. The van der Waals surface area contributed by atoms with Crippen LogP contribution in [-0.4, -0.2) is 31.7 Å². The van der Waals surface area contributed by atoms with Crippen LogP contribution in [0.1, 0.15) is 294 Å². The summed E-state index contributed by atoms with van der Waals surface area (Å²) in [6.45, 7) is 29.1. The van der Waals surface area contributed by atoms with Crippen LogP contribution in [0.15, 0.2) is 12.7 Å². The predicted molar refractivity (Wildman–Crippen MR) is 258 cm³/mol. The summed E-state index contributed by atoms with van der Waals surface area (Å²) in [6, 6.07) is 0. The molecule has 1 unspecified atom stereocenters. The number of hydrogen-bond acceptors (Lipinski definition) is 3. The van der Waals surface area contributed by atoms with Crippen molar-refractivity contribution in [2.24, 2.45) is 10.8 Å². The van der Waals surface area contributed by atoms with Gasteiger partial charge in [0.25, 0.3) is 0 Å². The van der Waals surface area contributed by atoms with Gasteiger partial charge < -0.3 is 14.2 Å². The average Bonchev–Trinajstić information content (AvgIpc) is 3.16. The minimum absolute atomic E-state index is 0.244. The standard InChI is InChI=1S/C50H102O3.C4H8/c1-10-13-15-17-19-27-33-39-46-53-50(40-12-3,43-36-30-22-18-16-14-11-2)47(51-44-37-31-25-20-23-28-34-41-48(4,5)6)52-45-38-32-26-21-24-29-35-42-49(7,8)9;1-3-4-2/h47H,10-46H2,1-9H3;3H,1,4H2,2H3. The Labute approximate surface area is 362 Å². The van der Waals surface area contributed by atoms with Crippen LogP contribution in [0.3, 0.4) is 0 Å². The number of hydrogen-bond donors (Lipinski definition) is 0. The molecule has 0 aromatic heterocycles. The molecule has 1 atom stereocenters. The fraction of sp³-hybridized carbons (Fsp3) is 0.963. The maximum atomic E-state index is 7.09. The summed E-state index contributed by atoms with van der Waals surface area (Å²) in [6.07, 6.45) is 47.1. The summed E-state index contributed by atoms with van der Waals surface area (Å²) in [5.41, 5.74) is 0.626. The van der Waals surface area contributed by atoms with E-state index in [-0.39, 0.29) is 11.9 Å². The van der Waals surface area contributed by atoms with Crippen LogP contribution in [0.25, 0.3) is 0 Å². The molecule has 0 rings (SSSR count). The Hall–Kier alpha value is -0.380. The first-order valence-corrected chi connectivity index (χ1v) is 25.9. The maximum absolute atomic E-state index is 7.09. The van der Waals surface area contributed by atoms with Crippen LogP contribution < -0.4 is 0 Å². The van der Waals surface area contributed by atoms with Gasteiger partial charge in [-0.2, -0.15) is 0 Å². The first-order chi connectivity index (χ1) is 27.4. The molecule has 3 heteroatoms. The molecule has 0 bridgehead atoms. The van der Waals surface area contributed by atoms with E-state index in [2.05, 4.69) is 75.8 Å². The van der Waals surface area contributed by atoms with Crippen LogP contribution >= 0.6 is 0 Å². The number of unbranched alkanes of at least 4 members (excludes halogenated alkanes) is 25. The Kier molecular flexibility index (Phi) is 43.6. The molecule has 0 aliphatic heterocycles. The molecule has 0 saturated heterocycles. The van der Waals surface area contributed by atoms with Crippen LogP contribution in [-0.2, 0) is 14.2 Å². The molecule has 0 aliphatic carbocycles. The van der Waals surface area contributed by atoms with Crippen molar-refractivity contribution in [3.05, 3.63) is 12.7 Å². The van der Waals surface area contributed by atoms with Crippen molar-refractivity contribution in [3.63, 3.8) is 0 Å². The summed E-state index contributed by atoms with van der Waals surface area (Å²) in [5.74, 6) is 0. The predicted octanol–water partition coefficient (Wildman–Crippen LogP) is 19.1. The smallest absolute Gasteiger partial charge is 0.186 e. The molecule has 0 N–H and O–H groups in total. The first kappa shape index (κ1) is 58.7. The van der Waals surface area contributed by atoms with Crippen LogP contribution in [0.4, 0.5) is 0 Å². The SMILES string of the molecule is C=CCC.CCCCCCCCCCOC(CCC)(CCCCCCCCC)C(OCCCCCCCCCC(C)(C)C)OCCCCCCCCCC(C)(C)C. The van der Waals surface area contributed by atoms with Crippen LogP contribution in [0.2, 0.25) is 0 Å². The van der Waals surface area contributed by atoms with Crippen molar-refractivity contribution in [2.45, 2.75) is 306 Å². The minimum Gasteiger partial charge on any atom is -0.370 e. The van der Waals surface area contributed by atoms with E-state index < -0.39 is 0 Å². The lowest BCUT2D eigenvalue weighted by Gasteiger charge is -2.40. The highest BCUT2D eigenvalue weighted by molar-refractivity contribution is 4.86. The lowest BCUT2D eigenvalue weighted by Crippen LogP contribution is -2.48. The quantitative estimate of drug-likeness (QED) is 0.0349. The van der Waals surface area contributed by atoms with Gasteiger partial charge in [-0.15, -0.1) is 6.58 Å². The minimum atomic E-state index is -0.320. The van der Waals surface area contributed by atoms with Crippen LogP contribution in [0.5, 0.6) is 0 Å². The van der Waals surface area contributed by atoms with Gasteiger partial charge in [-0.1, -0.05) is 249 Å². The summed E-state index contributed by atoms with van der Waals surface area (Å²) in [4.78, 5) is 0. The van der Waals surface area contributed by atoms with E-state index in [0.717, 1.165) is 64.8 Å². The molecule has 0 spiro atoms. The molecular formula is C54H110O3.